The van der Waals surface area contributed by atoms with Gasteiger partial charge in [-0.05, 0) is 45.9 Å². The van der Waals surface area contributed by atoms with E-state index < -0.39 is 91.1 Å². The maximum atomic E-state index is 12.7. The normalized spacial score (nSPS) is 40.5. The molecule has 3 rings (SSSR count). The van der Waals surface area contributed by atoms with Crippen molar-refractivity contribution in [3.8, 4) is 0 Å². The van der Waals surface area contributed by atoms with Gasteiger partial charge in [0, 0.05) is 24.5 Å². The fourth-order valence-corrected chi connectivity index (χ4v) is 5.95. The minimum absolute atomic E-state index is 0.0218. The Morgan fingerprint density at radius 1 is 1.24 bits per heavy atom. The fraction of sp³-hybridized carbons (Fsp3) is 0.885. The van der Waals surface area contributed by atoms with E-state index in [0.29, 0.717) is 12.2 Å². The summed E-state index contributed by atoms with van der Waals surface area (Å²) in [5, 5.41) is 70.7. The summed E-state index contributed by atoms with van der Waals surface area (Å²) in [6, 6.07) is -2.98. The van der Waals surface area contributed by atoms with E-state index in [0.717, 1.165) is 0 Å². The number of ether oxygens (including phenoxy) is 3. The summed E-state index contributed by atoms with van der Waals surface area (Å²) >= 11 is 0. The molecule has 1 saturated carbocycles. The number of nitrogens with two attached hydrogens (primary N) is 3. The molecule has 16 heteroatoms. The zero-order valence-corrected chi connectivity index (χ0v) is 24.2. The first-order chi connectivity index (χ1) is 19.8. The van der Waals surface area contributed by atoms with Crippen molar-refractivity contribution in [2.75, 3.05) is 39.9 Å². The van der Waals surface area contributed by atoms with Gasteiger partial charge in [-0.3, -0.25) is 4.79 Å². The molecular formula is C26H50N6O10. The van der Waals surface area contributed by atoms with Crippen molar-refractivity contribution in [1.82, 2.24) is 16.0 Å². The molecule has 0 bridgehead atoms. The third-order valence-corrected chi connectivity index (χ3v) is 8.25. The van der Waals surface area contributed by atoms with Gasteiger partial charge in [-0.25, -0.2) is 0 Å². The second-order valence-corrected chi connectivity index (χ2v) is 11.7. The number of rotatable bonds is 13. The predicted molar refractivity (Wildman–Crippen MR) is 149 cm³/mol. The van der Waals surface area contributed by atoms with Crippen molar-refractivity contribution in [3.63, 3.8) is 0 Å². The number of hydrogen-bond donors (Lipinski definition) is 12. The Bertz CT molecular complexity index is 900. The molecule has 1 saturated heterocycles. The highest BCUT2D eigenvalue weighted by Gasteiger charge is 2.53. The van der Waals surface area contributed by atoms with Crippen molar-refractivity contribution in [2.24, 2.45) is 23.1 Å². The summed E-state index contributed by atoms with van der Waals surface area (Å²) in [6.45, 7) is 1.39. The van der Waals surface area contributed by atoms with Crippen molar-refractivity contribution in [2.45, 2.75) is 98.9 Å². The third kappa shape index (κ3) is 8.35. The Morgan fingerprint density at radius 2 is 1.95 bits per heavy atom. The molecule has 1 aliphatic carbocycles. The highest BCUT2D eigenvalue weighted by atomic mass is 16.7. The topological polar surface area (TPSA) is 280 Å². The van der Waals surface area contributed by atoms with Crippen LogP contribution in [-0.4, -0.2) is 149 Å². The molecule has 0 aromatic carbocycles. The molecule has 13 atom stereocenters. The van der Waals surface area contributed by atoms with E-state index in [4.69, 9.17) is 36.5 Å². The van der Waals surface area contributed by atoms with Gasteiger partial charge >= 0.3 is 0 Å². The molecule has 0 spiro atoms. The van der Waals surface area contributed by atoms with Crippen LogP contribution in [0.3, 0.4) is 0 Å². The first kappa shape index (κ1) is 35.0. The SMILES string of the molecule is CN[C@@H]1[C@@H](O)[C@@H](O[C@@H]2[C@@H](O)[C@H](C3OC(CNCC(O)CO)=CC[C@H]3N)[C@@H](N)C[C@H]2NC(=O)[C@@H](O)CCN)OC[C@]1(C)O. The van der Waals surface area contributed by atoms with E-state index in [1.54, 1.807) is 13.1 Å². The lowest BCUT2D eigenvalue weighted by molar-refractivity contribution is -0.297. The number of likely N-dealkylation sites (N-methyl/N-ethyl adjacent to an activating group) is 1. The summed E-state index contributed by atoms with van der Waals surface area (Å²) in [6.07, 6.45) is -5.90. The lowest BCUT2D eigenvalue weighted by Crippen LogP contribution is -2.69. The summed E-state index contributed by atoms with van der Waals surface area (Å²) in [5.74, 6) is -0.970. The predicted octanol–water partition coefficient (Wildman–Crippen LogP) is -5.73. The molecule has 2 heterocycles. The van der Waals surface area contributed by atoms with Gasteiger partial charge in [0.15, 0.2) is 6.29 Å². The van der Waals surface area contributed by atoms with Gasteiger partial charge in [-0.1, -0.05) is 0 Å². The summed E-state index contributed by atoms with van der Waals surface area (Å²) in [5.41, 5.74) is 17.1. The number of nitrogens with one attached hydrogen (secondary N) is 3. The molecule has 0 aromatic heterocycles. The number of carbonyl (C=O) groups excluding carboxylic acids is 1. The minimum Gasteiger partial charge on any atom is -0.492 e. The average Bonchev–Trinajstić information content (AvgIpc) is 2.93. The number of hydrogen-bond acceptors (Lipinski definition) is 15. The van der Waals surface area contributed by atoms with Crippen LogP contribution in [0, 0.1) is 5.92 Å². The number of amides is 1. The van der Waals surface area contributed by atoms with Crippen molar-refractivity contribution < 1.29 is 49.6 Å². The number of aliphatic hydroxyl groups is 6. The first-order valence-electron chi connectivity index (χ1n) is 14.4. The number of aliphatic hydroxyl groups excluding tert-OH is 5. The highest BCUT2D eigenvalue weighted by molar-refractivity contribution is 5.80. The molecule has 15 N–H and O–H groups in total. The van der Waals surface area contributed by atoms with E-state index in [1.165, 1.54) is 6.92 Å². The van der Waals surface area contributed by atoms with Crippen LogP contribution in [0.5, 0.6) is 0 Å². The quantitative estimate of drug-likeness (QED) is 0.0930. The molecular weight excluding hydrogens is 556 g/mol. The van der Waals surface area contributed by atoms with Crippen LogP contribution >= 0.6 is 0 Å². The third-order valence-electron chi connectivity index (χ3n) is 8.25. The van der Waals surface area contributed by atoms with Crippen LogP contribution in [0.1, 0.15) is 26.2 Å². The zero-order chi connectivity index (χ0) is 31.2. The summed E-state index contributed by atoms with van der Waals surface area (Å²) in [4.78, 5) is 12.7. The van der Waals surface area contributed by atoms with Crippen molar-refractivity contribution in [3.05, 3.63) is 11.8 Å². The Labute approximate surface area is 245 Å². The van der Waals surface area contributed by atoms with Crippen LogP contribution in [-0.2, 0) is 19.0 Å². The molecule has 2 fully saturated rings. The van der Waals surface area contributed by atoms with Gasteiger partial charge in [0.1, 0.15) is 35.8 Å². The Balaban J connectivity index is 1.82. The summed E-state index contributed by atoms with van der Waals surface area (Å²) in [7, 11) is 1.57. The van der Waals surface area contributed by atoms with Crippen LogP contribution in [0.2, 0.25) is 0 Å². The molecule has 2 unspecified atom stereocenters. The Kier molecular flexibility index (Phi) is 12.9. The smallest absolute Gasteiger partial charge is 0.249 e. The second kappa shape index (κ2) is 15.5. The molecule has 2 aliphatic heterocycles. The van der Waals surface area contributed by atoms with E-state index >= 15 is 0 Å². The molecule has 244 valence electrons. The maximum Gasteiger partial charge on any atom is 0.249 e. The highest BCUT2D eigenvalue weighted by Crippen LogP contribution is 2.36. The summed E-state index contributed by atoms with van der Waals surface area (Å²) < 4.78 is 18.0. The molecule has 42 heavy (non-hydrogen) atoms. The van der Waals surface area contributed by atoms with E-state index in [9.17, 15) is 30.3 Å². The molecule has 16 nitrogen and oxygen atoms in total. The number of carbonyl (C=O) groups is 1. The minimum atomic E-state index is -1.41. The monoisotopic (exact) mass is 606 g/mol. The lowest BCUT2D eigenvalue weighted by atomic mass is 9.72. The molecule has 0 aromatic rings. The van der Waals surface area contributed by atoms with Gasteiger partial charge in [0.2, 0.25) is 5.91 Å². The Morgan fingerprint density at radius 3 is 2.60 bits per heavy atom. The lowest BCUT2D eigenvalue weighted by Gasteiger charge is -2.50. The second-order valence-electron chi connectivity index (χ2n) is 11.7. The standard InChI is InChI=1S/C26H50N6O10/c1-26(39)11-40-25(20(37)23(26)30-2)42-22-16(32-24(38)17(35)5-6-27)7-15(29)18(19(22)36)21-14(28)4-3-13(41-21)9-31-8-12(34)10-33/h3,12,14-23,25,30-31,33-37,39H,4-11,27-29H2,1-2H3,(H,32,38)/t12?,14-,15+,16-,17+,18-,19+,20-,21?,22+,23-,25-,26+/m1/s1. The van der Waals surface area contributed by atoms with Crippen LogP contribution < -0.4 is 33.2 Å². The average molecular weight is 607 g/mol. The van der Waals surface area contributed by atoms with Crippen LogP contribution in [0.15, 0.2) is 11.8 Å². The first-order valence-corrected chi connectivity index (χ1v) is 14.4. The van der Waals surface area contributed by atoms with Gasteiger partial charge in [-0.15, -0.1) is 0 Å². The largest absolute Gasteiger partial charge is 0.492 e. The van der Waals surface area contributed by atoms with Crippen molar-refractivity contribution in [1.29, 1.82) is 0 Å². The van der Waals surface area contributed by atoms with Gasteiger partial charge < -0.3 is 78.0 Å². The Hall–Kier alpha value is -1.51. The van der Waals surface area contributed by atoms with Gasteiger partial charge in [0.25, 0.3) is 0 Å². The fourth-order valence-electron chi connectivity index (χ4n) is 5.95. The molecule has 0 radical (unpaired) electrons. The molecule has 3 aliphatic rings. The van der Waals surface area contributed by atoms with Gasteiger partial charge in [0.05, 0.1) is 44.1 Å². The van der Waals surface area contributed by atoms with Gasteiger partial charge in [-0.2, -0.15) is 0 Å². The van der Waals surface area contributed by atoms with E-state index in [-0.39, 0.29) is 39.1 Å². The van der Waals surface area contributed by atoms with E-state index in [1.807, 2.05) is 0 Å². The zero-order valence-electron chi connectivity index (χ0n) is 24.2. The van der Waals surface area contributed by atoms with Crippen LogP contribution in [0.25, 0.3) is 0 Å². The van der Waals surface area contributed by atoms with Crippen LogP contribution in [0.4, 0.5) is 0 Å². The maximum absolute atomic E-state index is 12.7. The molecule has 1 amide bonds. The van der Waals surface area contributed by atoms with E-state index in [2.05, 4.69) is 16.0 Å². The van der Waals surface area contributed by atoms with Crippen molar-refractivity contribution >= 4 is 5.91 Å².